The lowest BCUT2D eigenvalue weighted by Gasteiger charge is -2.09. The molecule has 0 aromatic heterocycles. The second-order valence-electron chi connectivity index (χ2n) is 4.18. The van der Waals surface area contributed by atoms with Crippen LogP contribution in [-0.4, -0.2) is 0 Å². The van der Waals surface area contributed by atoms with Gasteiger partial charge < -0.3 is 0 Å². The summed E-state index contributed by atoms with van der Waals surface area (Å²) in [4.78, 5) is 0. The lowest BCUT2D eigenvalue weighted by atomic mass is 9.96. The number of rotatable bonds is 1. The fourth-order valence-electron chi connectivity index (χ4n) is 2.05. The summed E-state index contributed by atoms with van der Waals surface area (Å²) in [5, 5.41) is 0. The van der Waals surface area contributed by atoms with Crippen LogP contribution in [0.5, 0.6) is 0 Å². The van der Waals surface area contributed by atoms with Crippen molar-refractivity contribution in [3.05, 3.63) is 41.0 Å². The van der Waals surface area contributed by atoms with E-state index in [1.807, 2.05) is 0 Å². The fourth-order valence-corrected chi connectivity index (χ4v) is 2.05. The first-order valence-corrected chi connectivity index (χ1v) is 4.98. The second kappa shape index (κ2) is 3.02. The quantitative estimate of drug-likeness (QED) is 0.607. The van der Waals surface area contributed by atoms with Gasteiger partial charge in [0.25, 0.3) is 0 Å². The van der Waals surface area contributed by atoms with Crippen LogP contribution in [-0.2, 0) is 6.42 Å². The second-order valence-corrected chi connectivity index (χ2v) is 4.18. The van der Waals surface area contributed by atoms with Crippen molar-refractivity contribution < 1.29 is 0 Å². The smallest absolute Gasteiger partial charge is 0.00852 e. The number of hydrogen-bond acceptors (Lipinski definition) is 0. The highest BCUT2D eigenvalue weighted by atomic mass is 14.2. The Morgan fingerprint density at radius 3 is 2.69 bits per heavy atom. The highest BCUT2D eigenvalue weighted by molar-refractivity contribution is 5.74. The molecule has 0 radical (unpaired) electrons. The minimum atomic E-state index is 0.656. The van der Waals surface area contributed by atoms with E-state index in [4.69, 9.17) is 0 Å². The van der Waals surface area contributed by atoms with Crippen molar-refractivity contribution in [2.75, 3.05) is 0 Å². The highest BCUT2D eigenvalue weighted by Gasteiger charge is 2.15. The van der Waals surface area contributed by atoms with Crippen LogP contribution in [0.1, 0.15) is 30.5 Å². The molecule has 13 heavy (non-hydrogen) atoms. The molecule has 0 saturated carbocycles. The molecule has 2 rings (SSSR count). The van der Waals surface area contributed by atoms with Gasteiger partial charge in [-0.15, -0.1) is 0 Å². The zero-order chi connectivity index (χ0) is 9.42. The van der Waals surface area contributed by atoms with Crippen LogP contribution < -0.4 is 0 Å². The summed E-state index contributed by atoms with van der Waals surface area (Å²) in [7, 11) is 0. The number of benzene rings is 1. The van der Waals surface area contributed by atoms with Crippen molar-refractivity contribution in [2.45, 2.75) is 27.2 Å². The van der Waals surface area contributed by atoms with E-state index in [0.717, 1.165) is 6.42 Å². The standard InChI is InChI=1S/C13H16/c1-9(2)12-7-5-11-8-10(3)4-6-13(11)12/h4,6-9H,5H2,1-3H3. The maximum absolute atomic E-state index is 2.37. The first kappa shape index (κ1) is 8.55. The first-order chi connectivity index (χ1) is 6.18. The Hall–Kier alpha value is -1.04. The Bertz CT molecular complexity index is 356. The van der Waals surface area contributed by atoms with E-state index >= 15 is 0 Å². The molecule has 0 nitrogen and oxygen atoms in total. The van der Waals surface area contributed by atoms with Crippen LogP contribution >= 0.6 is 0 Å². The average molecular weight is 172 g/mol. The molecule has 0 unspecified atom stereocenters. The van der Waals surface area contributed by atoms with Gasteiger partial charge in [0.2, 0.25) is 0 Å². The van der Waals surface area contributed by atoms with E-state index in [1.54, 1.807) is 0 Å². The third-order valence-electron chi connectivity index (χ3n) is 2.74. The Labute approximate surface area is 80.3 Å². The third-order valence-corrected chi connectivity index (χ3v) is 2.74. The van der Waals surface area contributed by atoms with Crippen molar-refractivity contribution >= 4 is 5.57 Å². The molecule has 1 aromatic carbocycles. The predicted octanol–water partition coefficient (Wildman–Crippen LogP) is 3.59. The lowest BCUT2D eigenvalue weighted by molar-refractivity contribution is 0.857. The Morgan fingerprint density at radius 1 is 1.23 bits per heavy atom. The molecular weight excluding hydrogens is 156 g/mol. The largest absolute Gasteiger partial charge is 0.0760 e. The number of allylic oxidation sites excluding steroid dienone is 2. The average Bonchev–Trinajstić information content (AvgIpc) is 2.46. The van der Waals surface area contributed by atoms with Crippen LogP contribution in [0.25, 0.3) is 5.57 Å². The van der Waals surface area contributed by atoms with Gasteiger partial charge in [-0.25, -0.2) is 0 Å². The van der Waals surface area contributed by atoms with Crippen LogP contribution in [0.4, 0.5) is 0 Å². The third kappa shape index (κ3) is 1.41. The molecule has 0 bridgehead atoms. The highest BCUT2D eigenvalue weighted by Crippen LogP contribution is 2.32. The fraction of sp³-hybridized carbons (Fsp3) is 0.385. The maximum Gasteiger partial charge on any atom is -0.00852 e. The molecule has 0 aliphatic heterocycles. The van der Waals surface area contributed by atoms with Crippen molar-refractivity contribution in [3.8, 4) is 0 Å². The van der Waals surface area contributed by atoms with E-state index in [1.165, 1.54) is 22.3 Å². The summed E-state index contributed by atoms with van der Waals surface area (Å²) in [6.07, 6.45) is 3.50. The summed E-state index contributed by atoms with van der Waals surface area (Å²) >= 11 is 0. The predicted molar refractivity (Wildman–Crippen MR) is 57.7 cm³/mol. The molecule has 0 N–H and O–H groups in total. The summed E-state index contributed by atoms with van der Waals surface area (Å²) < 4.78 is 0. The molecule has 68 valence electrons. The number of hydrogen-bond donors (Lipinski definition) is 0. The van der Waals surface area contributed by atoms with Gasteiger partial charge in [0.05, 0.1) is 0 Å². The van der Waals surface area contributed by atoms with E-state index < -0.39 is 0 Å². The molecule has 1 aromatic rings. The minimum Gasteiger partial charge on any atom is -0.0760 e. The zero-order valence-electron chi connectivity index (χ0n) is 8.59. The van der Waals surface area contributed by atoms with Gasteiger partial charge in [0.15, 0.2) is 0 Å². The summed E-state index contributed by atoms with van der Waals surface area (Å²) in [6.45, 7) is 6.69. The molecular formula is C13H16. The first-order valence-electron chi connectivity index (χ1n) is 4.98. The molecule has 0 heteroatoms. The summed E-state index contributed by atoms with van der Waals surface area (Å²) in [5.74, 6) is 0.656. The van der Waals surface area contributed by atoms with Crippen LogP contribution in [0, 0.1) is 12.8 Å². The molecule has 0 spiro atoms. The molecule has 0 fully saturated rings. The molecule has 0 amide bonds. The van der Waals surface area contributed by atoms with E-state index in [9.17, 15) is 0 Å². The van der Waals surface area contributed by atoms with Crippen LogP contribution in [0.3, 0.4) is 0 Å². The molecule has 0 saturated heterocycles. The Kier molecular flexibility index (Phi) is 1.99. The maximum atomic E-state index is 2.37. The molecule has 1 aliphatic carbocycles. The summed E-state index contributed by atoms with van der Waals surface area (Å²) in [6, 6.07) is 6.78. The van der Waals surface area contributed by atoms with Gasteiger partial charge in [-0.2, -0.15) is 0 Å². The Balaban J connectivity index is 2.45. The van der Waals surface area contributed by atoms with Crippen molar-refractivity contribution in [1.29, 1.82) is 0 Å². The summed E-state index contributed by atoms with van der Waals surface area (Å²) in [5.41, 5.74) is 5.87. The molecule has 0 atom stereocenters. The zero-order valence-corrected chi connectivity index (χ0v) is 8.59. The molecule has 1 aliphatic rings. The van der Waals surface area contributed by atoms with Crippen LogP contribution in [0.15, 0.2) is 24.3 Å². The monoisotopic (exact) mass is 172 g/mol. The van der Waals surface area contributed by atoms with Gasteiger partial charge in [0.1, 0.15) is 0 Å². The molecule has 0 heterocycles. The van der Waals surface area contributed by atoms with Gasteiger partial charge >= 0.3 is 0 Å². The van der Waals surface area contributed by atoms with Gasteiger partial charge in [0, 0.05) is 0 Å². The SMILES string of the molecule is Cc1ccc2c(c1)CC=C2C(C)C. The van der Waals surface area contributed by atoms with Gasteiger partial charge in [-0.05, 0) is 36.0 Å². The number of fused-ring (bicyclic) bond motifs is 1. The topological polar surface area (TPSA) is 0 Å². The van der Waals surface area contributed by atoms with E-state index in [-0.39, 0.29) is 0 Å². The van der Waals surface area contributed by atoms with Crippen molar-refractivity contribution in [1.82, 2.24) is 0 Å². The Morgan fingerprint density at radius 2 is 2.00 bits per heavy atom. The van der Waals surface area contributed by atoms with Crippen LogP contribution in [0.2, 0.25) is 0 Å². The van der Waals surface area contributed by atoms with Crippen molar-refractivity contribution in [2.24, 2.45) is 5.92 Å². The van der Waals surface area contributed by atoms with E-state index in [0.29, 0.717) is 5.92 Å². The number of aryl methyl sites for hydroxylation is 1. The van der Waals surface area contributed by atoms with E-state index in [2.05, 4.69) is 45.0 Å². The van der Waals surface area contributed by atoms with Gasteiger partial charge in [-0.3, -0.25) is 0 Å². The normalized spacial score (nSPS) is 14.6. The lowest BCUT2D eigenvalue weighted by Crippen LogP contribution is -1.92. The minimum absolute atomic E-state index is 0.656. The van der Waals surface area contributed by atoms with Gasteiger partial charge in [-0.1, -0.05) is 43.7 Å². The van der Waals surface area contributed by atoms with Crippen molar-refractivity contribution in [3.63, 3.8) is 0 Å².